The summed E-state index contributed by atoms with van der Waals surface area (Å²) in [6.07, 6.45) is 2.61. The van der Waals surface area contributed by atoms with Crippen LogP contribution in [0.3, 0.4) is 0 Å². The Morgan fingerprint density at radius 2 is 2.12 bits per heavy atom. The molecule has 1 heterocycles. The average Bonchev–Trinajstić information content (AvgIpc) is 2.28. The highest BCUT2D eigenvalue weighted by Crippen LogP contribution is 2.30. The molecule has 0 saturated carbocycles. The standard InChI is InChI=1S/C13H14Cl2N2/c1-8(7-16)4-12-13-9(2-3-17-12)5-10(14)6-11(13)15/h2-3,5-6,8H,4,7,16H2,1H3. The molecule has 90 valence electrons. The van der Waals surface area contributed by atoms with Gasteiger partial charge >= 0.3 is 0 Å². The summed E-state index contributed by atoms with van der Waals surface area (Å²) in [5.74, 6) is 0.389. The largest absolute Gasteiger partial charge is 0.330 e. The van der Waals surface area contributed by atoms with E-state index in [4.69, 9.17) is 28.9 Å². The fraction of sp³-hybridized carbons (Fsp3) is 0.308. The Kier molecular flexibility index (Phi) is 3.87. The molecule has 0 aliphatic heterocycles. The van der Waals surface area contributed by atoms with E-state index in [2.05, 4.69) is 11.9 Å². The highest BCUT2D eigenvalue weighted by Gasteiger charge is 2.10. The molecule has 0 radical (unpaired) electrons. The van der Waals surface area contributed by atoms with Crippen molar-refractivity contribution >= 4 is 34.0 Å². The average molecular weight is 269 g/mol. The summed E-state index contributed by atoms with van der Waals surface area (Å²) in [6.45, 7) is 2.74. The second-order valence-corrected chi connectivity index (χ2v) is 5.13. The molecule has 2 N–H and O–H groups in total. The third kappa shape index (κ3) is 2.71. The zero-order valence-electron chi connectivity index (χ0n) is 9.58. The van der Waals surface area contributed by atoms with Gasteiger partial charge in [0, 0.05) is 22.3 Å². The number of halogens is 2. The third-order valence-corrected chi connectivity index (χ3v) is 3.32. The molecule has 1 unspecified atom stereocenters. The van der Waals surface area contributed by atoms with E-state index >= 15 is 0 Å². The molecule has 1 aromatic heterocycles. The molecule has 0 aliphatic carbocycles. The molecule has 0 fully saturated rings. The third-order valence-electron chi connectivity index (χ3n) is 2.80. The summed E-state index contributed by atoms with van der Waals surface area (Å²) < 4.78 is 0. The number of hydrogen-bond acceptors (Lipinski definition) is 2. The van der Waals surface area contributed by atoms with Crippen LogP contribution < -0.4 is 5.73 Å². The van der Waals surface area contributed by atoms with Gasteiger partial charge in [0.2, 0.25) is 0 Å². The van der Waals surface area contributed by atoms with E-state index in [0.29, 0.717) is 22.5 Å². The summed E-state index contributed by atoms with van der Waals surface area (Å²) in [5.41, 5.74) is 6.63. The number of fused-ring (bicyclic) bond motifs is 1. The van der Waals surface area contributed by atoms with E-state index in [0.717, 1.165) is 22.9 Å². The first-order valence-electron chi connectivity index (χ1n) is 5.54. The van der Waals surface area contributed by atoms with E-state index in [1.807, 2.05) is 12.1 Å². The van der Waals surface area contributed by atoms with Crippen molar-refractivity contribution in [2.24, 2.45) is 11.7 Å². The lowest BCUT2D eigenvalue weighted by molar-refractivity contribution is 0.587. The molecule has 2 aromatic rings. The molecule has 0 aliphatic rings. The molecule has 2 rings (SSSR count). The van der Waals surface area contributed by atoms with Crippen LogP contribution >= 0.6 is 23.2 Å². The number of pyridine rings is 1. The van der Waals surface area contributed by atoms with E-state index in [1.54, 1.807) is 12.3 Å². The molecule has 0 bridgehead atoms. The minimum atomic E-state index is 0.389. The lowest BCUT2D eigenvalue weighted by Gasteiger charge is -2.11. The van der Waals surface area contributed by atoms with Crippen molar-refractivity contribution in [2.75, 3.05) is 6.54 Å². The molecule has 0 saturated heterocycles. The Hall–Kier alpha value is -0.830. The Morgan fingerprint density at radius 3 is 2.82 bits per heavy atom. The first-order valence-corrected chi connectivity index (χ1v) is 6.30. The van der Waals surface area contributed by atoms with E-state index < -0.39 is 0 Å². The van der Waals surface area contributed by atoms with Crippen molar-refractivity contribution in [1.82, 2.24) is 4.98 Å². The quantitative estimate of drug-likeness (QED) is 0.923. The van der Waals surface area contributed by atoms with Gasteiger partial charge in [-0.15, -0.1) is 0 Å². The van der Waals surface area contributed by atoms with Gasteiger partial charge in [-0.3, -0.25) is 4.98 Å². The molecule has 0 amide bonds. The number of rotatable bonds is 3. The van der Waals surface area contributed by atoms with Gasteiger partial charge in [-0.2, -0.15) is 0 Å². The highest BCUT2D eigenvalue weighted by molar-refractivity contribution is 6.38. The molecule has 17 heavy (non-hydrogen) atoms. The number of hydrogen-bond donors (Lipinski definition) is 1. The van der Waals surface area contributed by atoms with Crippen molar-refractivity contribution in [3.63, 3.8) is 0 Å². The van der Waals surface area contributed by atoms with Gasteiger partial charge in [0.05, 0.1) is 5.02 Å². The highest BCUT2D eigenvalue weighted by atomic mass is 35.5. The van der Waals surface area contributed by atoms with Crippen molar-refractivity contribution < 1.29 is 0 Å². The molecular weight excluding hydrogens is 255 g/mol. The summed E-state index contributed by atoms with van der Waals surface area (Å²) in [7, 11) is 0. The Balaban J connectivity index is 2.56. The fourth-order valence-corrected chi connectivity index (χ4v) is 2.49. The summed E-state index contributed by atoms with van der Waals surface area (Å²) in [6, 6.07) is 5.58. The maximum atomic E-state index is 6.24. The van der Waals surface area contributed by atoms with Crippen LogP contribution in [0, 0.1) is 5.92 Å². The Labute approximate surface area is 111 Å². The van der Waals surface area contributed by atoms with Crippen molar-refractivity contribution in [3.05, 3.63) is 40.1 Å². The predicted octanol–water partition coefficient (Wildman–Crippen LogP) is 3.68. The van der Waals surface area contributed by atoms with E-state index in [9.17, 15) is 0 Å². The second kappa shape index (κ2) is 5.21. The van der Waals surface area contributed by atoms with Crippen molar-refractivity contribution in [1.29, 1.82) is 0 Å². The molecule has 1 atom stereocenters. The smallest absolute Gasteiger partial charge is 0.0517 e. The molecule has 2 nitrogen and oxygen atoms in total. The van der Waals surface area contributed by atoms with Crippen LogP contribution in [0.4, 0.5) is 0 Å². The SMILES string of the molecule is CC(CN)Cc1nccc2cc(Cl)cc(Cl)c12. The lowest BCUT2D eigenvalue weighted by Crippen LogP contribution is -2.14. The predicted molar refractivity (Wildman–Crippen MR) is 73.7 cm³/mol. The maximum Gasteiger partial charge on any atom is 0.0517 e. The van der Waals surface area contributed by atoms with Crippen LogP contribution in [0.2, 0.25) is 10.0 Å². The fourth-order valence-electron chi connectivity index (χ4n) is 1.87. The monoisotopic (exact) mass is 268 g/mol. The zero-order chi connectivity index (χ0) is 12.4. The topological polar surface area (TPSA) is 38.9 Å². The zero-order valence-corrected chi connectivity index (χ0v) is 11.1. The van der Waals surface area contributed by atoms with Crippen LogP contribution in [0.1, 0.15) is 12.6 Å². The Morgan fingerprint density at radius 1 is 1.35 bits per heavy atom. The van der Waals surface area contributed by atoms with Gasteiger partial charge in [-0.05, 0) is 42.5 Å². The van der Waals surface area contributed by atoms with Crippen molar-refractivity contribution in [3.8, 4) is 0 Å². The lowest BCUT2D eigenvalue weighted by atomic mass is 10.0. The molecule has 1 aromatic carbocycles. The minimum absolute atomic E-state index is 0.389. The molecular formula is C13H14Cl2N2. The maximum absolute atomic E-state index is 6.24. The first kappa shape index (κ1) is 12.6. The van der Waals surface area contributed by atoms with Gasteiger partial charge in [0.1, 0.15) is 0 Å². The van der Waals surface area contributed by atoms with E-state index in [-0.39, 0.29) is 0 Å². The molecule has 4 heteroatoms. The summed E-state index contributed by atoms with van der Waals surface area (Å²) >= 11 is 12.2. The van der Waals surface area contributed by atoms with Gasteiger partial charge in [-0.1, -0.05) is 30.1 Å². The normalized spacial score (nSPS) is 12.9. The van der Waals surface area contributed by atoms with Crippen LogP contribution in [-0.2, 0) is 6.42 Å². The van der Waals surface area contributed by atoms with Crippen LogP contribution in [0.25, 0.3) is 10.8 Å². The van der Waals surface area contributed by atoms with Gasteiger partial charge in [0.25, 0.3) is 0 Å². The van der Waals surface area contributed by atoms with Gasteiger partial charge in [-0.25, -0.2) is 0 Å². The number of nitrogens with zero attached hydrogens (tertiary/aromatic N) is 1. The summed E-state index contributed by atoms with van der Waals surface area (Å²) in [4.78, 5) is 4.40. The van der Waals surface area contributed by atoms with Crippen LogP contribution in [0.5, 0.6) is 0 Å². The first-order chi connectivity index (χ1) is 8.11. The number of aromatic nitrogens is 1. The number of benzene rings is 1. The summed E-state index contributed by atoms with van der Waals surface area (Å²) in [5, 5.41) is 3.31. The van der Waals surface area contributed by atoms with Gasteiger partial charge < -0.3 is 5.73 Å². The van der Waals surface area contributed by atoms with E-state index in [1.165, 1.54) is 0 Å². The van der Waals surface area contributed by atoms with Gasteiger partial charge in [0.15, 0.2) is 0 Å². The van der Waals surface area contributed by atoms with Crippen LogP contribution in [0.15, 0.2) is 24.4 Å². The number of nitrogens with two attached hydrogens (primary N) is 1. The molecule has 0 spiro atoms. The Bertz CT molecular complexity index is 540. The van der Waals surface area contributed by atoms with Crippen LogP contribution in [-0.4, -0.2) is 11.5 Å². The minimum Gasteiger partial charge on any atom is -0.330 e. The van der Waals surface area contributed by atoms with Crippen molar-refractivity contribution in [2.45, 2.75) is 13.3 Å². The second-order valence-electron chi connectivity index (χ2n) is 4.29.